The number of nitrogens with two attached hydrogens (primary N) is 2. The minimum atomic E-state index is -0.662. The van der Waals surface area contributed by atoms with E-state index in [1.807, 2.05) is 6.07 Å². The van der Waals surface area contributed by atoms with Crippen LogP contribution in [0.3, 0.4) is 0 Å². The summed E-state index contributed by atoms with van der Waals surface area (Å²) >= 11 is 0. The number of unbranched alkanes of at least 4 members (excludes halogenated alkanes) is 24. The van der Waals surface area contributed by atoms with Crippen molar-refractivity contribution in [3.63, 3.8) is 0 Å². The second-order valence-electron chi connectivity index (χ2n) is 17.5. The van der Waals surface area contributed by atoms with Crippen molar-refractivity contribution in [1.29, 1.82) is 0 Å². The Bertz CT molecular complexity index is 1400. The number of anilines is 1. The Morgan fingerprint density at radius 3 is 1.56 bits per heavy atom. The van der Waals surface area contributed by atoms with Crippen molar-refractivity contribution in [2.24, 2.45) is 5.73 Å². The minimum Gasteiger partial charge on any atom is -0.383 e. The number of amides is 1. The molecule has 1 aromatic heterocycles. The lowest BCUT2D eigenvalue weighted by Crippen LogP contribution is -2.41. The highest BCUT2D eigenvalue weighted by Gasteiger charge is 2.47. The van der Waals surface area contributed by atoms with E-state index in [0.29, 0.717) is 26.3 Å². The quantitative estimate of drug-likeness (QED) is 0.0450. The lowest BCUT2D eigenvalue weighted by atomic mass is 10.1. The molecule has 9 heteroatoms. The largest absolute Gasteiger partial charge is 0.383 e. The van der Waals surface area contributed by atoms with Crippen LogP contribution in [0.25, 0.3) is 0 Å². The molecule has 0 aliphatic carbocycles. The van der Waals surface area contributed by atoms with Gasteiger partial charge < -0.3 is 31.0 Å². The summed E-state index contributed by atoms with van der Waals surface area (Å²) in [5, 5.41) is 3.59. The SMILES string of the molecule is CCCCCCCCC=CCCCCCCCCO[C@@H]1[C@H](OCCCCCCCCC=CCCCCCCCC)[C@@H](CNCc2ccccc2)O[C@H]1n1cnc(C(N)=O)c1N. The van der Waals surface area contributed by atoms with Crippen LogP contribution in [0.15, 0.2) is 61.0 Å². The molecule has 3 rings (SSSR count). The molecule has 1 aliphatic rings. The number of primary amides is 1. The topological polar surface area (TPSA) is 127 Å². The number of carbonyl (C=O) groups excluding carboxylic acids is 1. The first kappa shape index (κ1) is 52.4. The molecule has 0 spiro atoms. The molecule has 5 N–H and O–H groups in total. The van der Waals surface area contributed by atoms with Gasteiger partial charge in [-0.25, -0.2) is 4.98 Å². The summed E-state index contributed by atoms with van der Waals surface area (Å²) in [4.78, 5) is 16.4. The van der Waals surface area contributed by atoms with Gasteiger partial charge in [0.2, 0.25) is 0 Å². The molecule has 0 unspecified atom stereocenters. The Balaban J connectivity index is 1.45. The van der Waals surface area contributed by atoms with Gasteiger partial charge in [-0.1, -0.05) is 184 Å². The van der Waals surface area contributed by atoms with E-state index in [9.17, 15) is 4.79 Å². The Labute approximate surface area is 372 Å². The van der Waals surface area contributed by atoms with Crippen LogP contribution in [0.5, 0.6) is 0 Å². The Hall–Kier alpha value is -2.98. The lowest BCUT2D eigenvalue weighted by molar-refractivity contribution is -0.0803. The van der Waals surface area contributed by atoms with E-state index in [0.717, 1.165) is 25.7 Å². The van der Waals surface area contributed by atoms with E-state index in [2.05, 4.69) is 72.7 Å². The van der Waals surface area contributed by atoms with Crippen LogP contribution in [-0.4, -0.2) is 53.5 Å². The molecule has 4 atom stereocenters. The predicted octanol–water partition coefficient (Wildman–Crippen LogP) is 13.1. The number of nitrogens with one attached hydrogen (secondary N) is 1. The van der Waals surface area contributed by atoms with Crippen LogP contribution >= 0.6 is 0 Å². The number of nitrogens with zero attached hydrogens (tertiary/aromatic N) is 2. The van der Waals surface area contributed by atoms with Crippen molar-refractivity contribution in [2.75, 3.05) is 25.5 Å². The zero-order valence-electron chi connectivity index (χ0n) is 38.9. The number of hydrogen-bond donors (Lipinski definition) is 3. The fourth-order valence-corrected chi connectivity index (χ4v) is 8.33. The molecule has 1 aliphatic heterocycles. The van der Waals surface area contributed by atoms with Gasteiger partial charge in [0.15, 0.2) is 11.9 Å². The number of carbonyl (C=O) groups is 1. The second kappa shape index (κ2) is 35.5. The van der Waals surface area contributed by atoms with Crippen molar-refractivity contribution < 1.29 is 19.0 Å². The molecule has 2 heterocycles. The number of nitrogen functional groups attached to an aromatic ring is 1. The molecule has 1 fully saturated rings. The first-order chi connectivity index (χ1) is 30.1. The average molecular weight is 848 g/mol. The number of hydrogen-bond acceptors (Lipinski definition) is 7. The normalized spacial score (nSPS) is 18.0. The Morgan fingerprint density at radius 2 is 1.10 bits per heavy atom. The zero-order valence-corrected chi connectivity index (χ0v) is 38.9. The fourth-order valence-electron chi connectivity index (χ4n) is 8.33. The first-order valence-electron chi connectivity index (χ1n) is 25.1. The minimum absolute atomic E-state index is 0.0444. The maximum absolute atomic E-state index is 12.1. The van der Waals surface area contributed by atoms with E-state index in [4.69, 9.17) is 25.7 Å². The molecule has 0 radical (unpaired) electrons. The van der Waals surface area contributed by atoms with Crippen molar-refractivity contribution in [3.8, 4) is 0 Å². The molecule has 0 saturated carbocycles. The summed E-state index contributed by atoms with van der Waals surface area (Å²) in [6, 6.07) is 10.4. The van der Waals surface area contributed by atoms with E-state index in [-0.39, 0.29) is 23.7 Å². The van der Waals surface area contributed by atoms with Crippen molar-refractivity contribution in [1.82, 2.24) is 14.9 Å². The number of ether oxygens (including phenoxy) is 3. The smallest absolute Gasteiger partial charge is 0.271 e. The van der Waals surface area contributed by atoms with Crippen LogP contribution in [0.4, 0.5) is 5.82 Å². The number of benzene rings is 1. The molecule has 9 nitrogen and oxygen atoms in total. The molecule has 1 aromatic carbocycles. The van der Waals surface area contributed by atoms with Gasteiger partial charge in [0, 0.05) is 26.3 Å². The van der Waals surface area contributed by atoms with Crippen molar-refractivity contribution in [3.05, 3.63) is 72.2 Å². The summed E-state index contributed by atoms with van der Waals surface area (Å²) in [6.45, 7) is 7.08. The van der Waals surface area contributed by atoms with Gasteiger partial charge in [-0.05, 0) is 69.8 Å². The van der Waals surface area contributed by atoms with Gasteiger partial charge in [0.05, 0.1) is 6.33 Å². The lowest BCUT2D eigenvalue weighted by Gasteiger charge is -2.26. The van der Waals surface area contributed by atoms with Gasteiger partial charge in [-0.2, -0.15) is 0 Å². The summed E-state index contributed by atoms with van der Waals surface area (Å²) < 4.78 is 21.8. The first-order valence-corrected chi connectivity index (χ1v) is 25.1. The van der Waals surface area contributed by atoms with Gasteiger partial charge in [-0.15, -0.1) is 0 Å². The summed E-state index contributed by atoms with van der Waals surface area (Å²) in [7, 11) is 0. The molecule has 61 heavy (non-hydrogen) atoms. The van der Waals surface area contributed by atoms with Crippen molar-refractivity contribution in [2.45, 2.75) is 225 Å². The van der Waals surface area contributed by atoms with Crippen LogP contribution in [0.1, 0.15) is 216 Å². The molecular formula is C52H89N5O4. The van der Waals surface area contributed by atoms with E-state index < -0.39 is 18.2 Å². The maximum atomic E-state index is 12.1. The van der Waals surface area contributed by atoms with Gasteiger partial charge in [0.25, 0.3) is 5.91 Å². The predicted molar refractivity (Wildman–Crippen MR) is 256 cm³/mol. The van der Waals surface area contributed by atoms with Crippen LogP contribution in [0, 0.1) is 0 Å². The summed E-state index contributed by atoms with van der Waals surface area (Å²) in [5.74, 6) is -0.474. The van der Waals surface area contributed by atoms with E-state index >= 15 is 0 Å². The molecule has 1 saturated heterocycles. The molecule has 2 aromatic rings. The number of rotatable bonds is 40. The number of imidazole rings is 1. The van der Waals surface area contributed by atoms with E-state index in [1.165, 1.54) is 160 Å². The Kier molecular flexibility index (Phi) is 30.5. The molecule has 1 amide bonds. The monoisotopic (exact) mass is 848 g/mol. The summed E-state index contributed by atoms with van der Waals surface area (Å²) in [5.41, 5.74) is 13.3. The van der Waals surface area contributed by atoms with Gasteiger partial charge in [0.1, 0.15) is 24.1 Å². The average Bonchev–Trinajstić information content (AvgIpc) is 3.82. The van der Waals surface area contributed by atoms with Gasteiger partial charge in [-0.3, -0.25) is 9.36 Å². The number of allylic oxidation sites excluding steroid dienone is 4. The van der Waals surface area contributed by atoms with E-state index in [1.54, 1.807) is 10.9 Å². The molecule has 0 bridgehead atoms. The standard InChI is InChI=1S/C52H89N5O4/c1-3-5-7-9-11-13-15-17-19-21-23-25-27-29-31-36-40-59-48-46(43-55-42-45-38-34-33-35-39-45)61-52(57-44-56-47(50(57)53)51(54)58)49(48)60-41-37-32-30-28-26-24-22-20-18-16-14-12-10-8-6-4-2/h17-20,33-35,38-39,44,46,48-49,52,55H,3-16,21-32,36-37,40-43,53H2,1-2H3,(H2,54,58)/t46-,48-,49-,52-/m1/s1. The third-order valence-corrected chi connectivity index (χ3v) is 12.1. The highest BCUT2D eigenvalue weighted by molar-refractivity contribution is 5.95. The van der Waals surface area contributed by atoms with Gasteiger partial charge >= 0.3 is 0 Å². The zero-order chi connectivity index (χ0) is 43.4. The van der Waals surface area contributed by atoms with Crippen molar-refractivity contribution >= 4 is 11.7 Å². The third kappa shape index (κ3) is 23.3. The van der Waals surface area contributed by atoms with Crippen LogP contribution in [-0.2, 0) is 20.8 Å². The highest BCUT2D eigenvalue weighted by Crippen LogP contribution is 2.36. The highest BCUT2D eigenvalue weighted by atomic mass is 16.6. The fraction of sp³-hybridized carbons (Fsp3) is 0.731. The van der Waals surface area contributed by atoms with Crippen LogP contribution in [0.2, 0.25) is 0 Å². The van der Waals surface area contributed by atoms with Crippen LogP contribution < -0.4 is 16.8 Å². The second-order valence-corrected chi connectivity index (χ2v) is 17.5. The molecular weight excluding hydrogens is 759 g/mol. The number of aromatic nitrogens is 2. The molecule has 346 valence electrons. The Morgan fingerprint density at radius 1 is 0.656 bits per heavy atom. The third-order valence-electron chi connectivity index (χ3n) is 12.1. The summed E-state index contributed by atoms with van der Waals surface area (Å²) in [6.07, 6.45) is 44.9. The maximum Gasteiger partial charge on any atom is 0.271 e.